The van der Waals surface area contributed by atoms with E-state index in [1.165, 1.54) is 30.5 Å². The number of amides is 1. The molecule has 0 fully saturated rings. The third-order valence-electron chi connectivity index (χ3n) is 4.29. The second-order valence-corrected chi connectivity index (χ2v) is 5.85. The largest absolute Gasteiger partial charge is 0.347 e. The van der Waals surface area contributed by atoms with Gasteiger partial charge in [-0.05, 0) is 43.4 Å². The summed E-state index contributed by atoms with van der Waals surface area (Å²) in [7, 11) is 3.73. The number of hydrogen-bond acceptors (Lipinski definition) is 2. The molecule has 1 aliphatic carbocycles. The summed E-state index contributed by atoms with van der Waals surface area (Å²) in [5, 5.41) is 7.60. The number of carbonyl (C=O) groups excluding carboxylic acids is 1. The third-order valence-corrected chi connectivity index (χ3v) is 4.29. The van der Waals surface area contributed by atoms with Gasteiger partial charge in [-0.2, -0.15) is 5.10 Å². The Bertz CT molecular complexity index is 640. The standard InChI is InChI=1S/C16H22N4O/c1-19-10-6-9-15(19)16(21)20(2)11-14-12-7-4-3-5-8-13(12)17-18-14/h6,9-10H,3-5,7-8,11H2,1-2H3,(H,17,18). The van der Waals surface area contributed by atoms with Gasteiger partial charge in [0.1, 0.15) is 5.69 Å². The zero-order valence-electron chi connectivity index (χ0n) is 12.7. The minimum Gasteiger partial charge on any atom is -0.347 e. The van der Waals surface area contributed by atoms with Crippen LogP contribution in [0.25, 0.3) is 0 Å². The van der Waals surface area contributed by atoms with Gasteiger partial charge in [0.05, 0.1) is 12.2 Å². The lowest BCUT2D eigenvalue weighted by atomic mass is 10.1. The Kier molecular flexibility index (Phi) is 3.82. The first-order valence-electron chi connectivity index (χ1n) is 7.58. The van der Waals surface area contributed by atoms with Crippen LogP contribution < -0.4 is 0 Å². The summed E-state index contributed by atoms with van der Waals surface area (Å²) in [6, 6.07) is 3.74. The summed E-state index contributed by atoms with van der Waals surface area (Å²) in [6.07, 6.45) is 7.77. The van der Waals surface area contributed by atoms with Gasteiger partial charge in [-0.3, -0.25) is 9.89 Å². The van der Waals surface area contributed by atoms with Crippen molar-refractivity contribution in [1.82, 2.24) is 19.7 Å². The summed E-state index contributed by atoms with van der Waals surface area (Å²) in [6.45, 7) is 0.565. The lowest BCUT2D eigenvalue weighted by molar-refractivity contribution is 0.0773. The van der Waals surface area contributed by atoms with Crippen LogP contribution in [0, 0.1) is 0 Å². The summed E-state index contributed by atoms with van der Waals surface area (Å²) in [5.41, 5.74) is 4.33. The number of H-pyrrole nitrogens is 1. The number of rotatable bonds is 3. The van der Waals surface area contributed by atoms with Crippen LogP contribution >= 0.6 is 0 Å². The fourth-order valence-electron chi connectivity index (χ4n) is 3.03. The van der Waals surface area contributed by atoms with E-state index in [0.29, 0.717) is 12.2 Å². The van der Waals surface area contributed by atoms with Crippen molar-refractivity contribution in [1.29, 1.82) is 0 Å². The van der Waals surface area contributed by atoms with Crippen LogP contribution in [0.4, 0.5) is 0 Å². The Balaban J connectivity index is 1.76. The lowest BCUT2D eigenvalue weighted by Crippen LogP contribution is -2.28. The van der Waals surface area contributed by atoms with Crippen molar-refractivity contribution in [3.05, 3.63) is 41.0 Å². The molecule has 0 saturated heterocycles. The second-order valence-electron chi connectivity index (χ2n) is 5.85. The molecule has 1 N–H and O–H groups in total. The third kappa shape index (κ3) is 2.73. The Labute approximate surface area is 125 Å². The first-order chi connectivity index (χ1) is 10.2. The molecule has 0 atom stereocenters. The van der Waals surface area contributed by atoms with Gasteiger partial charge in [0.15, 0.2) is 0 Å². The molecule has 0 radical (unpaired) electrons. The molecule has 0 unspecified atom stereocenters. The summed E-state index contributed by atoms with van der Waals surface area (Å²) in [5.74, 6) is 0.0351. The minimum atomic E-state index is 0.0351. The van der Waals surface area contributed by atoms with Crippen LogP contribution in [0.3, 0.4) is 0 Å². The highest BCUT2D eigenvalue weighted by Gasteiger charge is 2.20. The highest BCUT2D eigenvalue weighted by atomic mass is 16.2. The Hall–Kier alpha value is -2.04. The van der Waals surface area contributed by atoms with Gasteiger partial charge in [-0.1, -0.05) is 6.42 Å². The van der Waals surface area contributed by atoms with Crippen LogP contribution in [-0.4, -0.2) is 32.6 Å². The maximum Gasteiger partial charge on any atom is 0.270 e. The van der Waals surface area contributed by atoms with Crippen molar-refractivity contribution in [2.75, 3.05) is 7.05 Å². The number of carbonyl (C=O) groups is 1. The van der Waals surface area contributed by atoms with Crippen LogP contribution in [0.15, 0.2) is 18.3 Å². The molecule has 3 rings (SSSR count). The quantitative estimate of drug-likeness (QED) is 0.880. The fraction of sp³-hybridized carbons (Fsp3) is 0.500. The van der Waals surface area contributed by atoms with E-state index in [-0.39, 0.29) is 5.91 Å². The maximum atomic E-state index is 12.5. The molecule has 21 heavy (non-hydrogen) atoms. The van der Waals surface area contributed by atoms with Crippen molar-refractivity contribution < 1.29 is 4.79 Å². The van der Waals surface area contributed by atoms with E-state index in [1.54, 1.807) is 4.90 Å². The van der Waals surface area contributed by atoms with Crippen LogP contribution in [-0.2, 0) is 26.4 Å². The van der Waals surface area contributed by atoms with Crippen LogP contribution in [0.2, 0.25) is 0 Å². The van der Waals surface area contributed by atoms with Crippen LogP contribution in [0.5, 0.6) is 0 Å². The van der Waals surface area contributed by atoms with Gasteiger partial charge in [0.2, 0.25) is 0 Å². The first-order valence-corrected chi connectivity index (χ1v) is 7.58. The molecule has 0 bridgehead atoms. The molecular weight excluding hydrogens is 264 g/mol. The highest BCUT2D eigenvalue weighted by Crippen LogP contribution is 2.22. The fourth-order valence-corrected chi connectivity index (χ4v) is 3.03. The predicted octanol–water partition coefficient (Wildman–Crippen LogP) is 2.29. The number of aryl methyl sites for hydroxylation is 2. The molecule has 5 nitrogen and oxygen atoms in total. The van der Waals surface area contributed by atoms with Crippen molar-refractivity contribution in [3.8, 4) is 0 Å². The molecule has 112 valence electrons. The Morgan fingerprint density at radius 2 is 2.19 bits per heavy atom. The summed E-state index contributed by atoms with van der Waals surface area (Å²) >= 11 is 0. The molecule has 1 aliphatic rings. The van der Waals surface area contributed by atoms with E-state index in [1.807, 2.05) is 37.0 Å². The Morgan fingerprint density at radius 3 is 2.95 bits per heavy atom. The van der Waals surface area contributed by atoms with Gasteiger partial charge in [0, 0.05) is 26.0 Å². The maximum absolute atomic E-state index is 12.5. The molecule has 0 aliphatic heterocycles. The van der Waals surface area contributed by atoms with Crippen molar-refractivity contribution in [2.24, 2.45) is 7.05 Å². The van der Waals surface area contributed by atoms with Crippen molar-refractivity contribution >= 4 is 5.91 Å². The summed E-state index contributed by atoms with van der Waals surface area (Å²) < 4.78 is 1.85. The molecule has 2 aromatic rings. The Morgan fingerprint density at radius 1 is 1.38 bits per heavy atom. The van der Waals surface area contributed by atoms with Gasteiger partial charge < -0.3 is 9.47 Å². The molecule has 0 saturated carbocycles. The van der Waals surface area contributed by atoms with E-state index in [0.717, 1.165) is 18.5 Å². The van der Waals surface area contributed by atoms with Crippen molar-refractivity contribution in [2.45, 2.75) is 38.6 Å². The van der Waals surface area contributed by atoms with Crippen molar-refractivity contribution in [3.63, 3.8) is 0 Å². The zero-order valence-corrected chi connectivity index (χ0v) is 12.7. The number of hydrogen-bond donors (Lipinski definition) is 1. The number of aromatic amines is 1. The first kappa shape index (κ1) is 13.9. The highest BCUT2D eigenvalue weighted by molar-refractivity contribution is 5.92. The van der Waals surface area contributed by atoms with E-state index in [2.05, 4.69) is 10.2 Å². The van der Waals surface area contributed by atoms with E-state index >= 15 is 0 Å². The average Bonchev–Trinajstić information content (AvgIpc) is 2.97. The SMILES string of the molecule is CN(Cc1n[nH]c2c1CCCCC2)C(=O)c1cccn1C. The molecule has 1 amide bonds. The smallest absolute Gasteiger partial charge is 0.270 e. The molecule has 0 aromatic carbocycles. The van der Waals surface area contributed by atoms with E-state index < -0.39 is 0 Å². The van der Waals surface area contributed by atoms with Gasteiger partial charge >= 0.3 is 0 Å². The molecule has 2 heterocycles. The second kappa shape index (κ2) is 5.76. The number of nitrogens with zero attached hydrogens (tertiary/aromatic N) is 3. The monoisotopic (exact) mass is 286 g/mol. The number of aromatic nitrogens is 3. The topological polar surface area (TPSA) is 53.9 Å². The molecule has 5 heteroatoms. The molecule has 2 aromatic heterocycles. The predicted molar refractivity (Wildman–Crippen MR) is 81.1 cm³/mol. The molecule has 0 spiro atoms. The lowest BCUT2D eigenvalue weighted by Gasteiger charge is -2.17. The number of nitrogens with one attached hydrogen (secondary N) is 1. The minimum absolute atomic E-state index is 0.0351. The number of fused-ring (bicyclic) bond motifs is 1. The van der Waals surface area contributed by atoms with Gasteiger partial charge in [-0.25, -0.2) is 0 Å². The van der Waals surface area contributed by atoms with E-state index in [9.17, 15) is 4.79 Å². The molecular formula is C16H22N4O. The van der Waals surface area contributed by atoms with E-state index in [4.69, 9.17) is 0 Å². The van der Waals surface area contributed by atoms with Gasteiger partial charge in [0.25, 0.3) is 5.91 Å². The van der Waals surface area contributed by atoms with Crippen LogP contribution in [0.1, 0.15) is 46.7 Å². The normalized spacial score (nSPS) is 14.6. The van der Waals surface area contributed by atoms with Gasteiger partial charge in [-0.15, -0.1) is 0 Å². The zero-order chi connectivity index (χ0) is 14.8. The average molecular weight is 286 g/mol. The summed E-state index contributed by atoms with van der Waals surface area (Å²) in [4.78, 5) is 14.2.